The van der Waals surface area contributed by atoms with Crippen molar-refractivity contribution in [3.8, 4) is 0 Å². The van der Waals surface area contributed by atoms with E-state index in [1.165, 1.54) is 4.90 Å². The Morgan fingerprint density at radius 1 is 1.15 bits per heavy atom. The molecular formula is C21H21ClN2O3. The van der Waals surface area contributed by atoms with E-state index in [0.29, 0.717) is 10.7 Å². The molecule has 0 unspecified atom stereocenters. The van der Waals surface area contributed by atoms with E-state index in [2.05, 4.69) is 5.32 Å². The van der Waals surface area contributed by atoms with Crippen molar-refractivity contribution in [1.29, 1.82) is 0 Å². The second-order valence-electron chi connectivity index (χ2n) is 6.65. The van der Waals surface area contributed by atoms with E-state index < -0.39 is 0 Å². The lowest BCUT2D eigenvalue weighted by atomic mass is 10.0. The number of hydrogen-bond acceptors (Lipinski definition) is 3. The van der Waals surface area contributed by atoms with Crippen LogP contribution in [0.4, 0.5) is 5.69 Å². The molecule has 6 heteroatoms. The Bertz CT molecular complexity index is 1010. The van der Waals surface area contributed by atoms with Crippen LogP contribution in [-0.4, -0.2) is 30.3 Å². The van der Waals surface area contributed by atoms with Gasteiger partial charge in [-0.1, -0.05) is 23.7 Å². The zero-order chi connectivity index (χ0) is 19.6. The lowest BCUT2D eigenvalue weighted by molar-refractivity contribution is -0.132. The topological polar surface area (TPSA) is 62.6 Å². The van der Waals surface area contributed by atoms with Crippen LogP contribution in [0.25, 0.3) is 11.0 Å². The molecule has 2 amide bonds. The van der Waals surface area contributed by atoms with Gasteiger partial charge in [0.05, 0.1) is 29.9 Å². The number of anilines is 1. The van der Waals surface area contributed by atoms with E-state index in [0.717, 1.165) is 27.7 Å². The summed E-state index contributed by atoms with van der Waals surface area (Å²) in [5, 5.41) is 4.10. The number of carbonyl (C=O) groups is 2. The van der Waals surface area contributed by atoms with E-state index in [-0.39, 0.29) is 24.8 Å². The molecule has 1 N–H and O–H groups in total. The Morgan fingerprint density at radius 2 is 1.85 bits per heavy atom. The molecule has 27 heavy (non-hydrogen) atoms. The zero-order valence-electron chi connectivity index (χ0n) is 15.5. The van der Waals surface area contributed by atoms with E-state index in [1.807, 2.05) is 26.0 Å². The first-order valence-corrected chi connectivity index (χ1v) is 8.98. The number of para-hydroxylation sites is 1. The number of nitrogens with one attached hydrogen (secondary N) is 1. The number of nitrogens with zero attached hydrogens (tertiary/aromatic N) is 1. The van der Waals surface area contributed by atoms with Crippen molar-refractivity contribution < 1.29 is 14.0 Å². The van der Waals surface area contributed by atoms with Gasteiger partial charge in [-0.05, 0) is 49.2 Å². The summed E-state index contributed by atoms with van der Waals surface area (Å²) in [5.41, 5.74) is 4.39. The zero-order valence-corrected chi connectivity index (χ0v) is 16.3. The van der Waals surface area contributed by atoms with Crippen molar-refractivity contribution in [3.63, 3.8) is 0 Å². The average Bonchev–Trinajstić information content (AvgIpc) is 2.99. The highest BCUT2D eigenvalue weighted by molar-refractivity contribution is 6.33. The van der Waals surface area contributed by atoms with Gasteiger partial charge in [0.25, 0.3) is 0 Å². The van der Waals surface area contributed by atoms with Crippen molar-refractivity contribution in [2.24, 2.45) is 0 Å². The van der Waals surface area contributed by atoms with Gasteiger partial charge in [-0.25, -0.2) is 0 Å². The quantitative estimate of drug-likeness (QED) is 0.711. The third kappa shape index (κ3) is 4.31. The summed E-state index contributed by atoms with van der Waals surface area (Å²) in [5.74, 6) is -0.465. The minimum atomic E-state index is -0.303. The molecule has 0 saturated heterocycles. The standard InChI is InChI=1S/C21H21ClN2O3/c1-13-8-16-15(12-27-19(16)9-14(13)2)10-21(26)24(3)11-20(25)23-18-7-5-4-6-17(18)22/h4-9,12H,10-11H2,1-3H3,(H,23,25). The predicted octanol–water partition coefficient (Wildman–Crippen LogP) is 4.34. The largest absolute Gasteiger partial charge is 0.464 e. The lowest BCUT2D eigenvalue weighted by Gasteiger charge is -2.17. The molecule has 0 atom stereocenters. The molecule has 0 aliphatic carbocycles. The van der Waals surface area contributed by atoms with Crippen LogP contribution in [0.15, 0.2) is 47.1 Å². The summed E-state index contributed by atoms with van der Waals surface area (Å²) in [4.78, 5) is 26.1. The van der Waals surface area contributed by atoms with Gasteiger partial charge in [0.2, 0.25) is 11.8 Å². The van der Waals surface area contributed by atoms with Gasteiger partial charge in [0.15, 0.2) is 0 Å². The van der Waals surface area contributed by atoms with E-state index in [9.17, 15) is 9.59 Å². The molecule has 0 bridgehead atoms. The Labute approximate surface area is 162 Å². The van der Waals surface area contributed by atoms with Gasteiger partial charge in [0.1, 0.15) is 5.58 Å². The van der Waals surface area contributed by atoms with Crippen molar-refractivity contribution in [2.75, 3.05) is 18.9 Å². The van der Waals surface area contributed by atoms with E-state index in [4.69, 9.17) is 16.0 Å². The monoisotopic (exact) mass is 384 g/mol. The number of rotatable bonds is 5. The summed E-state index contributed by atoms with van der Waals surface area (Å²) < 4.78 is 5.57. The molecule has 140 valence electrons. The molecule has 0 fully saturated rings. The summed E-state index contributed by atoms with van der Waals surface area (Å²) in [6.45, 7) is 3.99. The van der Waals surface area contributed by atoms with E-state index in [1.54, 1.807) is 37.6 Å². The van der Waals surface area contributed by atoms with Crippen LogP contribution in [0.1, 0.15) is 16.7 Å². The van der Waals surface area contributed by atoms with Gasteiger partial charge < -0.3 is 14.6 Å². The first kappa shape index (κ1) is 19.0. The minimum absolute atomic E-state index is 0.0576. The number of hydrogen-bond donors (Lipinski definition) is 1. The lowest BCUT2D eigenvalue weighted by Crippen LogP contribution is -2.35. The number of benzene rings is 2. The number of amides is 2. The van der Waals surface area contributed by atoms with Crippen molar-refractivity contribution in [1.82, 2.24) is 4.90 Å². The fourth-order valence-electron chi connectivity index (χ4n) is 2.83. The second-order valence-corrected chi connectivity index (χ2v) is 7.06. The third-order valence-electron chi connectivity index (χ3n) is 4.57. The highest BCUT2D eigenvalue weighted by Gasteiger charge is 2.17. The first-order valence-electron chi connectivity index (χ1n) is 8.61. The Hall–Kier alpha value is -2.79. The molecule has 2 aromatic carbocycles. The van der Waals surface area contributed by atoms with Crippen LogP contribution < -0.4 is 5.32 Å². The highest BCUT2D eigenvalue weighted by Crippen LogP contribution is 2.25. The molecule has 1 heterocycles. The fraction of sp³-hybridized carbons (Fsp3) is 0.238. The maximum atomic E-state index is 12.5. The van der Waals surface area contributed by atoms with Crippen LogP contribution in [0.2, 0.25) is 5.02 Å². The molecular weight excluding hydrogens is 364 g/mol. The Morgan fingerprint density at radius 3 is 2.59 bits per heavy atom. The Balaban J connectivity index is 1.65. The van der Waals surface area contributed by atoms with Crippen molar-refractivity contribution in [2.45, 2.75) is 20.3 Å². The fourth-order valence-corrected chi connectivity index (χ4v) is 3.01. The minimum Gasteiger partial charge on any atom is -0.464 e. The molecule has 1 aromatic heterocycles. The molecule has 5 nitrogen and oxygen atoms in total. The normalized spacial score (nSPS) is 10.8. The smallest absolute Gasteiger partial charge is 0.244 e. The molecule has 0 aliphatic rings. The number of likely N-dealkylation sites (N-methyl/N-ethyl adjacent to an activating group) is 1. The summed E-state index contributed by atoms with van der Waals surface area (Å²) in [6, 6.07) is 11.0. The van der Waals surface area contributed by atoms with Gasteiger partial charge in [-0.15, -0.1) is 0 Å². The highest BCUT2D eigenvalue weighted by atomic mass is 35.5. The first-order chi connectivity index (χ1) is 12.8. The molecule has 0 aliphatic heterocycles. The Kier molecular flexibility index (Phi) is 5.51. The third-order valence-corrected chi connectivity index (χ3v) is 4.90. The second kappa shape index (κ2) is 7.84. The molecule has 3 rings (SSSR count). The van der Waals surface area contributed by atoms with Gasteiger partial charge in [-0.3, -0.25) is 9.59 Å². The summed E-state index contributed by atoms with van der Waals surface area (Å²) in [7, 11) is 1.60. The summed E-state index contributed by atoms with van der Waals surface area (Å²) >= 11 is 6.04. The molecule has 3 aromatic rings. The van der Waals surface area contributed by atoms with Crippen molar-refractivity contribution >= 4 is 40.1 Å². The number of fused-ring (bicyclic) bond motifs is 1. The van der Waals surface area contributed by atoms with Crippen LogP contribution in [-0.2, 0) is 16.0 Å². The number of carbonyl (C=O) groups excluding carboxylic acids is 2. The SMILES string of the molecule is Cc1cc2occ(CC(=O)N(C)CC(=O)Nc3ccccc3Cl)c2cc1C. The van der Waals surface area contributed by atoms with Gasteiger partial charge in [0, 0.05) is 18.0 Å². The molecule has 0 radical (unpaired) electrons. The van der Waals surface area contributed by atoms with Crippen LogP contribution in [0.3, 0.4) is 0 Å². The maximum Gasteiger partial charge on any atom is 0.244 e. The summed E-state index contributed by atoms with van der Waals surface area (Å²) in [6.07, 6.45) is 1.78. The number of halogens is 1. The van der Waals surface area contributed by atoms with Crippen LogP contribution in [0, 0.1) is 13.8 Å². The van der Waals surface area contributed by atoms with Gasteiger partial charge >= 0.3 is 0 Å². The predicted molar refractivity (Wildman–Crippen MR) is 107 cm³/mol. The van der Waals surface area contributed by atoms with Crippen LogP contribution in [0.5, 0.6) is 0 Å². The number of furan rings is 1. The molecule has 0 spiro atoms. The van der Waals surface area contributed by atoms with Gasteiger partial charge in [-0.2, -0.15) is 0 Å². The van der Waals surface area contributed by atoms with Crippen molar-refractivity contribution in [3.05, 3.63) is 64.4 Å². The maximum absolute atomic E-state index is 12.5. The van der Waals surface area contributed by atoms with Crippen LogP contribution >= 0.6 is 11.6 Å². The number of aryl methyl sites for hydroxylation is 2. The molecule has 0 saturated carbocycles. The van der Waals surface area contributed by atoms with E-state index >= 15 is 0 Å². The average molecular weight is 385 g/mol.